The summed E-state index contributed by atoms with van der Waals surface area (Å²) in [5, 5.41) is 2.54. The lowest BCUT2D eigenvalue weighted by Gasteiger charge is -2.07. The Labute approximate surface area is 125 Å². The summed E-state index contributed by atoms with van der Waals surface area (Å²) < 4.78 is 5.36. The molecule has 3 aromatic rings. The van der Waals surface area contributed by atoms with Gasteiger partial charge < -0.3 is 4.74 Å². The molecule has 0 amide bonds. The van der Waals surface area contributed by atoms with Gasteiger partial charge in [0.2, 0.25) is 0 Å². The predicted octanol–water partition coefficient (Wildman–Crippen LogP) is 5.33. The van der Waals surface area contributed by atoms with Crippen molar-refractivity contribution in [3.63, 3.8) is 0 Å². The fourth-order valence-electron chi connectivity index (χ4n) is 2.53. The van der Waals surface area contributed by atoms with Crippen molar-refractivity contribution in [3.8, 4) is 5.75 Å². The van der Waals surface area contributed by atoms with Crippen molar-refractivity contribution in [1.29, 1.82) is 0 Å². The van der Waals surface area contributed by atoms with E-state index < -0.39 is 0 Å². The maximum Gasteiger partial charge on any atom is 0.122 e. The van der Waals surface area contributed by atoms with Gasteiger partial charge in [-0.25, -0.2) is 0 Å². The van der Waals surface area contributed by atoms with Gasteiger partial charge >= 0.3 is 0 Å². The highest BCUT2D eigenvalue weighted by Gasteiger charge is 2.01. The molecule has 0 unspecified atom stereocenters. The molecule has 0 aliphatic rings. The van der Waals surface area contributed by atoms with Crippen LogP contribution in [-0.2, 0) is 0 Å². The quantitative estimate of drug-likeness (QED) is 0.587. The number of methoxy groups -OCH3 is 1. The third kappa shape index (κ3) is 2.82. The first-order chi connectivity index (χ1) is 10.3. The van der Waals surface area contributed by atoms with E-state index in [1.807, 2.05) is 12.1 Å². The first-order valence-corrected chi connectivity index (χ1v) is 7.08. The van der Waals surface area contributed by atoms with Crippen LogP contribution in [0.25, 0.3) is 22.9 Å². The van der Waals surface area contributed by atoms with E-state index in [9.17, 15) is 0 Å². The van der Waals surface area contributed by atoms with E-state index in [2.05, 4.69) is 67.6 Å². The van der Waals surface area contributed by atoms with Crippen LogP contribution in [0, 0.1) is 6.92 Å². The minimum atomic E-state index is 0.927. The molecule has 0 saturated carbocycles. The Morgan fingerprint density at radius 1 is 0.810 bits per heavy atom. The van der Waals surface area contributed by atoms with Gasteiger partial charge in [0.05, 0.1) is 7.11 Å². The highest BCUT2D eigenvalue weighted by Crippen LogP contribution is 2.23. The van der Waals surface area contributed by atoms with Crippen LogP contribution in [-0.4, -0.2) is 7.11 Å². The summed E-state index contributed by atoms with van der Waals surface area (Å²) in [5.74, 6) is 0.927. The molecule has 0 radical (unpaired) electrons. The fourth-order valence-corrected chi connectivity index (χ4v) is 2.53. The topological polar surface area (TPSA) is 9.23 Å². The number of fused-ring (bicyclic) bond motifs is 1. The van der Waals surface area contributed by atoms with Gasteiger partial charge in [-0.1, -0.05) is 60.7 Å². The van der Waals surface area contributed by atoms with Crippen molar-refractivity contribution >= 4 is 22.9 Å². The van der Waals surface area contributed by atoms with Gasteiger partial charge in [0, 0.05) is 0 Å². The van der Waals surface area contributed by atoms with Gasteiger partial charge in [0.25, 0.3) is 0 Å². The molecule has 0 spiro atoms. The Bertz CT molecular complexity index is 800. The van der Waals surface area contributed by atoms with Crippen molar-refractivity contribution in [2.45, 2.75) is 6.92 Å². The molecule has 0 saturated heterocycles. The van der Waals surface area contributed by atoms with E-state index in [1.54, 1.807) is 7.11 Å². The highest BCUT2D eigenvalue weighted by molar-refractivity contribution is 5.86. The smallest absolute Gasteiger partial charge is 0.122 e. The normalized spacial score (nSPS) is 11.1. The van der Waals surface area contributed by atoms with E-state index in [-0.39, 0.29) is 0 Å². The second-order valence-corrected chi connectivity index (χ2v) is 5.11. The predicted molar refractivity (Wildman–Crippen MR) is 90.6 cm³/mol. The molecule has 3 rings (SSSR count). The van der Waals surface area contributed by atoms with Crippen LogP contribution >= 0.6 is 0 Å². The summed E-state index contributed by atoms with van der Waals surface area (Å²) in [7, 11) is 1.71. The zero-order chi connectivity index (χ0) is 14.7. The molecular weight excluding hydrogens is 256 g/mol. The molecule has 0 heterocycles. The second kappa shape index (κ2) is 5.84. The van der Waals surface area contributed by atoms with E-state index >= 15 is 0 Å². The molecule has 0 N–H and O–H groups in total. The monoisotopic (exact) mass is 274 g/mol. The van der Waals surface area contributed by atoms with E-state index in [1.165, 1.54) is 21.9 Å². The van der Waals surface area contributed by atoms with Crippen molar-refractivity contribution in [1.82, 2.24) is 0 Å². The summed E-state index contributed by atoms with van der Waals surface area (Å²) in [6, 6.07) is 21.0. The minimum absolute atomic E-state index is 0.927. The van der Waals surface area contributed by atoms with Crippen LogP contribution in [0.15, 0.2) is 60.7 Å². The number of benzene rings is 3. The van der Waals surface area contributed by atoms with Crippen LogP contribution in [0.2, 0.25) is 0 Å². The standard InChI is InChI=1S/C20H18O/c1-15-17(8-5-9-20(15)21-2)12-10-16-11-13-18-6-3-4-7-19(18)14-16/h3-14H,1-2H3/b12-10+. The molecule has 0 aliphatic heterocycles. The van der Waals surface area contributed by atoms with Crippen molar-refractivity contribution in [3.05, 3.63) is 77.4 Å². The third-order valence-electron chi connectivity index (χ3n) is 3.77. The van der Waals surface area contributed by atoms with Gasteiger partial charge in [-0.15, -0.1) is 0 Å². The lowest BCUT2D eigenvalue weighted by Crippen LogP contribution is -1.88. The maximum absolute atomic E-state index is 5.36. The first-order valence-electron chi connectivity index (χ1n) is 7.08. The van der Waals surface area contributed by atoms with Crippen LogP contribution in [0.3, 0.4) is 0 Å². The summed E-state index contributed by atoms with van der Waals surface area (Å²) in [6.45, 7) is 2.08. The molecule has 0 atom stereocenters. The third-order valence-corrected chi connectivity index (χ3v) is 3.77. The van der Waals surface area contributed by atoms with Gasteiger partial charge in [-0.2, -0.15) is 0 Å². The summed E-state index contributed by atoms with van der Waals surface area (Å²) in [4.78, 5) is 0. The Morgan fingerprint density at radius 3 is 2.43 bits per heavy atom. The molecule has 0 aromatic heterocycles. The van der Waals surface area contributed by atoms with Crippen LogP contribution in [0.1, 0.15) is 16.7 Å². The van der Waals surface area contributed by atoms with E-state index in [0.717, 1.165) is 11.3 Å². The Hall–Kier alpha value is -2.54. The zero-order valence-corrected chi connectivity index (χ0v) is 12.3. The second-order valence-electron chi connectivity index (χ2n) is 5.11. The zero-order valence-electron chi connectivity index (χ0n) is 12.3. The van der Waals surface area contributed by atoms with Gasteiger partial charge in [0.15, 0.2) is 0 Å². The number of ether oxygens (including phenoxy) is 1. The van der Waals surface area contributed by atoms with Gasteiger partial charge in [-0.05, 0) is 46.5 Å². The average Bonchev–Trinajstić information content (AvgIpc) is 2.54. The largest absolute Gasteiger partial charge is 0.496 e. The van der Waals surface area contributed by atoms with Gasteiger partial charge in [0.1, 0.15) is 5.75 Å². The Balaban J connectivity index is 1.94. The molecule has 1 heteroatoms. The number of hydrogen-bond donors (Lipinski definition) is 0. The fraction of sp³-hybridized carbons (Fsp3) is 0.100. The molecule has 0 aliphatic carbocycles. The van der Waals surface area contributed by atoms with Crippen molar-refractivity contribution in [2.24, 2.45) is 0 Å². The summed E-state index contributed by atoms with van der Waals surface area (Å²) >= 11 is 0. The van der Waals surface area contributed by atoms with Gasteiger partial charge in [-0.3, -0.25) is 0 Å². The molecule has 0 bridgehead atoms. The van der Waals surface area contributed by atoms with Crippen LogP contribution in [0.5, 0.6) is 5.75 Å². The molecule has 0 fully saturated rings. The summed E-state index contributed by atoms with van der Waals surface area (Å²) in [5.41, 5.74) is 3.55. The van der Waals surface area contributed by atoms with Crippen molar-refractivity contribution < 1.29 is 4.74 Å². The number of rotatable bonds is 3. The average molecular weight is 274 g/mol. The SMILES string of the molecule is COc1cccc(/C=C/c2ccc3ccccc3c2)c1C. The molecular formula is C20H18O. The van der Waals surface area contributed by atoms with E-state index in [4.69, 9.17) is 4.74 Å². The summed E-state index contributed by atoms with van der Waals surface area (Å²) in [6.07, 6.45) is 4.29. The highest BCUT2D eigenvalue weighted by atomic mass is 16.5. The Morgan fingerprint density at radius 2 is 1.62 bits per heavy atom. The molecule has 104 valence electrons. The molecule has 21 heavy (non-hydrogen) atoms. The lowest BCUT2D eigenvalue weighted by atomic mass is 10.0. The van der Waals surface area contributed by atoms with Crippen LogP contribution < -0.4 is 4.74 Å². The maximum atomic E-state index is 5.36. The Kier molecular flexibility index (Phi) is 3.74. The minimum Gasteiger partial charge on any atom is -0.496 e. The van der Waals surface area contributed by atoms with Crippen LogP contribution in [0.4, 0.5) is 0 Å². The first kappa shape index (κ1) is 13.4. The van der Waals surface area contributed by atoms with E-state index in [0.29, 0.717) is 0 Å². The lowest BCUT2D eigenvalue weighted by molar-refractivity contribution is 0.411. The number of hydrogen-bond acceptors (Lipinski definition) is 1. The van der Waals surface area contributed by atoms with Crippen molar-refractivity contribution in [2.75, 3.05) is 7.11 Å². The molecule has 3 aromatic carbocycles. The molecule has 1 nitrogen and oxygen atoms in total.